The normalized spacial score (nSPS) is 34.3. The van der Waals surface area contributed by atoms with Crippen LogP contribution in [0, 0.1) is 5.92 Å². The number of hydrogen-bond acceptors (Lipinski definition) is 1. The maximum atomic E-state index is 2.52. The molecule has 92 valence electrons. The van der Waals surface area contributed by atoms with Gasteiger partial charge in [0.05, 0.1) is 0 Å². The minimum atomic E-state index is 0.506. The molecule has 0 amide bonds. The standard InChI is InChI=1S/C16H23N/c1-17-12-11-16(14-7-3-2-4-8-14)10-6-5-9-15(16)13-17/h2-4,7-8,15H,5-6,9-13H2,1H3/t15-,16-/m0/s1. The van der Waals surface area contributed by atoms with E-state index in [1.54, 1.807) is 5.56 Å². The predicted octanol–water partition coefficient (Wildman–Crippen LogP) is 3.45. The van der Waals surface area contributed by atoms with E-state index in [1.165, 1.54) is 45.2 Å². The second-order valence-corrected chi connectivity index (χ2v) is 5.98. The average Bonchev–Trinajstić information content (AvgIpc) is 2.40. The topological polar surface area (TPSA) is 3.24 Å². The third-order valence-electron chi connectivity index (χ3n) is 5.03. The van der Waals surface area contributed by atoms with Crippen molar-refractivity contribution in [3.8, 4) is 0 Å². The van der Waals surface area contributed by atoms with E-state index in [2.05, 4.69) is 42.3 Å². The third kappa shape index (κ3) is 1.91. The lowest BCUT2D eigenvalue weighted by Gasteiger charge is -2.50. The summed E-state index contributed by atoms with van der Waals surface area (Å²) in [6, 6.07) is 11.3. The summed E-state index contributed by atoms with van der Waals surface area (Å²) in [7, 11) is 2.28. The Kier molecular flexibility index (Phi) is 2.96. The third-order valence-corrected chi connectivity index (χ3v) is 5.03. The lowest BCUT2D eigenvalue weighted by atomic mass is 9.59. The van der Waals surface area contributed by atoms with E-state index in [-0.39, 0.29) is 0 Å². The van der Waals surface area contributed by atoms with Crippen LogP contribution in [0.5, 0.6) is 0 Å². The van der Waals surface area contributed by atoms with Crippen LogP contribution in [-0.4, -0.2) is 25.0 Å². The highest BCUT2D eigenvalue weighted by Crippen LogP contribution is 2.48. The fraction of sp³-hybridized carbons (Fsp3) is 0.625. The molecule has 1 aromatic rings. The summed E-state index contributed by atoms with van der Waals surface area (Å²) < 4.78 is 0. The maximum absolute atomic E-state index is 2.52. The summed E-state index contributed by atoms with van der Waals surface area (Å²) >= 11 is 0. The quantitative estimate of drug-likeness (QED) is 0.713. The summed E-state index contributed by atoms with van der Waals surface area (Å²) in [5, 5.41) is 0. The van der Waals surface area contributed by atoms with Crippen molar-refractivity contribution < 1.29 is 0 Å². The Hall–Kier alpha value is -0.820. The van der Waals surface area contributed by atoms with Crippen molar-refractivity contribution in [2.24, 2.45) is 5.92 Å². The van der Waals surface area contributed by atoms with E-state index >= 15 is 0 Å². The minimum Gasteiger partial charge on any atom is -0.306 e. The summed E-state index contributed by atoms with van der Waals surface area (Å²) in [6.07, 6.45) is 7.06. The van der Waals surface area contributed by atoms with Crippen molar-refractivity contribution in [1.82, 2.24) is 4.90 Å². The molecule has 0 spiro atoms. The molecule has 1 aliphatic carbocycles. The van der Waals surface area contributed by atoms with Gasteiger partial charge in [-0.1, -0.05) is 43.2 Å². The lowest BCUT2D eigenvalue weighted by molar-refractivity contribution is 0.0708. The van der Waals surface area contributed by atoms with Crippen molar-refractivity contribution in [1.29, 1.82) is 0 Å². The van der Waals surface area contributed by atoms with Gasteiger partial charge in [0.25, 0.3) is 0 Å². The van der Waals surface area contributed by atoms with Crippen LogP contribution < -0.4 is 0 Å². The molecule has 2 fully saturated rings. The van der Waals surface area contributed by atoms with E-state index in [0.717, 1.165) is 5.92 Å². The van der Waals surface area contributed by atoms with Gasteiger partial charge in [-0.05, 0) is 44.3 Å². The maximum Gasteiger partial charge on any atom is 0.00151 e. The number of fused-ring (bicyclic) bond motifs is 1. The zero-order valence-corrected chi connectivity index (χ0v) is 10.9. The van der Waals surface area contributed by atoms with Gasteiger partial charge < -0.3 is 4.90 Å². The SMILES string of the molecule is CN1CC[C@]2(c3ccccc3)CCCC[C@H]2C1. The molecule has 1 aliphatic heterocycles. The number of piperidine rings is 1. The summed E-state index contributed by atoms with van der Waals surface area (Å²) in [6.45, 7) is 2.57. The fourth-order valence-corrected chi connectivity index (χ4v) is 4.06. The van der Waals surface area contributed by atoms with Crippen LogP contribution in [-0.2, 0) is 5.41 Å². The summed E-state index contributed by atoms with van der Waals surface area (Å²) in [5.74, 6) is 0.886. The molecule has 3 rings (SSSR count). The summed E-state index contributed by atoms with van der Waals surface area (Å²) in [5.41, 5.74) is 2.12. The van der Waals surface area contributed by atoms with Crippen LogP contribution in [0.15, 0.2) is 30.3 Å². The van der Waals surface area contributed by atoms with Crippen molar-refractivity contribution in [2.45, 2.75) is 37.5 Å². The number of rotatable bonds is 1. The second-order valence-electron chi connectivity index (χ2n) is 5.98. The first-order chi connectivity index (χ1) is 8.31. The van der Waals surface area contributed by atoms with Crippen LogP contribution in [0.3, 0.4) is 0 Å². The molecular weight excluding hydrogens is 206 g/mol. The smallest absolute Gasteiger partial charge is 0.00151 e. The Morgan fingerprint density at radius 3 is 2.76 bits per heavy atom. The Balaban J connectivity index is 1.96. The Bertz CT molecular complexity index is 372. The zero-order chi connectivity index (χ0) is 11.7. The second kappa shape index (κ2) is 4.45. The number of nitrogens with zero attached hydrogens (tertiary/aromatic N) is 1. The Morgan fingerprint density at radius 2 is 1.94 bits per heavy atom. The van der Waals surface area contributed by atoms with Gasteiger partial charge in [0, 0.05) is 12.0 Å². The van der Waals surface area contributed by atoms with Crippen LogP contribution in [0.2, 0.25) is 0 Å². The van der Waals surface area contributed by atoms with E-state index in [0.29, 0.717) is 5.41 Å². The van der Waals surface area contributed by atoms with Gasteiger partial charge in [-0.2, -0.15) is 0 Å². The average molecular weight is 229 g/mol. The molecule has 0 aromatic heterocycles. The molecule has 0 bridgehead atoms. The van der Waals surface area contributed by atoms with Gasteiger partial charge in [-0.3, -0.25) is 0 Å². The molecule has 0 unspecified atom stereocenters. The number of benzene rings is 1. The molecule has 0 radical (unpaired) electrons. The van der Waals surface area contributed by atoms with Gasteiger partial charge >= 0.3 is 0 Å². The molecular formula is C16H23N. The highest BCUT2D eigenvalue weighted by atomic mass is 15.1. The van der Waals surface area contributed by atoms with Crippen LogP contribution in [0.1, 0.15) is 37.7 Å². The largest absolute Gasteiger partial charge is 0.306 e. The van der Waals surface area contributed by atoms with Gasteiger partial charge in [0.2, 0.25) is 0 Å². The first kappa shape index (κ1) is 11.3. The Morgan fingerprint density at radius 1 is 1.12 bits per heavy atom. The van der Waals surface area contributed by atoms with Gasteiger partial charge in [-0.25, -0.2) is 0 Å². The zero-order valence-electron chi connectivity index (χ0n) is 10.9. The van der Waals surface area contributed by atoms with Gasteiger partial charge in [0.1, 0.15) is 0 Å². The highest BCUT2D eigenvalue weighted by molar-refractivity contribution is 5.28. The van der Waals surface area contributed by atoms with Crippen LogP contribution in [0.4, 0.5) is 0 Å². The molecule has 1 aromatic carbocycles. The predicted molar refractivity (Wildman–Crippen MR) is 72.2 cm³/mol. The van der Waals surface area contributed by atoms with Crippen LogP contribution >= 0.6 is 0 Å². The molecule has 1 nitrogen and oxygen atoms in total. The highest BCUT2D eigenvalue weighted by Gasteiger charge is 2.44. The Labute approximate surface area is 105 Å². The van der Waals surface area contributed by atoms with Gasteiger partial charge in [-0.15, -0.1) is 0 Å². The molecule has 17 heavy (non-hydrogen) atoms. The molecule has 1 saturated heterocycles. The minimum absolute atomic E-state index is 0.506. The van der Waals surface area contributed by atoms with E-state index in [1.807, 2.05) is 0 Å². The first-order valence-electron chi connectivity index (χ1n) is 7.05. The van der Waals surface area contributed by atoms with Crippen molar-refractivity contribution in [2.75, 3.05) is 20.1 Å². The van der Waals surface area contributed by atoms with Crippen molar-refractivity contribution in [3.05, 3.63) is 35.9 Å². The number of likely N-dealkylation sites (tertiary alicyclic amines) is 1. The van der Waals surface area contributed by atoms with E-state index < -0.39 is 0 Å². The molecule has 1 heterocycles. The molecule has 2 atom stereocenters. The van der Waals surface area contributed by atoms with Crippen molar-refractivity contribution in [3.63, 3.8) is 0 Å². The monoisotopic (exact) mass is 229 g/mol. The molecule has 2 aliphatic rings. The molecule has 1 saturated carbocycles. The lowest BCUT2D eigenvalue weighted by Crippen LogP contribution is -2.50. The summed E-state index contributed by atoms with van der Waals surface area (Å²) in [4.78, 5) is 2.52. The van der Waals surface area contributed by atoms with Crippen LogP contribution in [0.25, 0.3) is 0 Å². The number of hydrogen-bond donors (Lipinski definition) is 0. The molecule has 0 N–H and O–H groups in total. The van der Waals surface area contributed by atoms with E-state index in [9.17, 15) is 0 Å². The first-order valence-corrected chi connectivity index (χ1v) is 7.05. The molecule has 1 heteroatoms. The van der Waals surface area contributed by atoms with Gasteiger partial charge in [0.15, 0.2) is 0 Å². The van der Waals surface area contributed by atoms with Crippen molar-refractivity contribution >= 4 is 0 Å². The fourth-order valence-electron chi connectivity index (χ4n) is 4.06. The van der Waals surface area contributed by atoms with E-state index in [4.69, 9.17) is 0 Å².